The number of benzene rings is 2. The number of nitrogens with one attached hydrogen (secondary N) is 1. The standard InChI is InChI=1S/C20H23N3O4S.C20H22N3O4S.2Na.H2O/c2*1-13-17(21-6-4-18(13)26-8-3-7-25-2)12-28(24)20-22-15-10-14-5-9-27-19(14)11-16(15)23-20;;;/h4,6,10-11H,3,5,7-9,12H2,1-2H3,(H,22,23);4,6,10-11H,3,5,7-9,12H2,1-2H3;;;1H2/q;-1;2*+1;/p-1. The molecule has 0 saturated heterocycles. The quantitative estimate of drug-likeness (QED) is 0.0947. The summed E-state index contributed by atoms with van der Waals surface area (Å²) in [6, 6.07) is 11.4. The summed E-state index contributed by atoms with van der Waals surface area (Å²) >= 11 is 0. The van der Waals surface area contributed by atoms with E-state index in [0.717, 1.165) is 98.9 Å². The van der Waals surface area contributed by atoms with E-state index in [1.54, 1.807) is 26.6 Å². The van der Waals surface area contributed by atoms with Gasteiger partial charge < -0.3 is 48.8 Å². The molecule has 0 fully saturated rings. The van der Waals surface area contributed by atoms with Gasteiger partial charge >= 0.3 is 59.1 Å². The van der Waals surface area contributed by atoms with Gasteiger partial charge in [0.15, 0.2) is 5.16 Å². The third-order valence-electron chi connectivity index (χ3n) is 9.46. The van der Waals surface area contributed by atoms with Crippen molar-refractivity contribution in [3.05, 3.63) is 82.4 Å². The summed E-state index contributed by atoms with van der Waals surface area (Å²) in [5.41, 5.74) is 8.65. The molecule has 2 aliphatic heterocycles. The van der Waals surface area contributed by atoms with Crippen LogP contribution in [0.4, 0.5) is 0 Å². The molecule has 0 saturated carbocycles. The molecule has 2 aromatic carbocycles. The van der Waals surface area contributed by atoms with Gasteiger partial charge in [-0.15, -0.1) is 0 Å². The van der Waals surface area contributed by atoms with Crippen molar-refractivity contribution >= 4 is 43.7 Å². The number of hydrogen-bond donors (Lipinski definition) is 1. The fourth-order valence-electron chi connectivity index (χ4n) is 6.35. The predicted octanol–water partition coefficient (Wildman–Crippen LogP) is -0.691. The molecular formula is C40H46N6Na2O9S2. The van der Waals surface area contributed by atoms with Crippen molar-refractivity contribution < 1.29 is 101 Å². The molecule has 0 radical (unpaired) electrons. The van der Waals surface area contributed by atoms with Gasteiger partial charge in [0.05, 0.1) is 82.0 Å². The molecule has 2 unspecified atom stereocenters. The SMILES string of the molecule is COCCCOc1ccnc(CS(=O)c2nc3cc4c(cc3[n-]2)OCC4)c1C.COCCCOc1ccnc(CS(=O)c2nc3cc4c(cc3[nH]2)CCO4)c1C.[Na+].[Na+].[OH-]. The van der Waals surface area contributed by atoms with Gasteiger partial charge in [0.2, 0.25) is 0 Å². The van der Waals surface area contributed by atoms with Crippen LogP contribution in [0.1, 0.15) is 46.5 Å². The van der Waals surface area contributed by atoms with E-state index < -0.39 is 21.6 Å². The second-order valence-electron chi connectivity index (χ2n) is 13.3. The summed E-state index contributed by atoms with van der Waals surface area (Å²) in [6.07, 6.45) is 6.74. The second-order valence-corrected chi connectivity index (χ2v) is 16.0. The molecule has 6 heterocycles. The third-order valence-corrected chi connectivity index (χ3v) is 11.7. The Balaban J connectivity index is 0.000000248. The van der Waals surface area contributed by atoms with Gasteiger partial charge in [-0.25, -0.2) is 4.98 Å². The topological polar surface area (TPSA) is 201 Å². The molecule has 59 heavy (non-hydrogen) atoms. The number of aromatic nitrogens is 6. The van der Waals surface area contributed by atoms with Crippen molar-refractivity contribution in [2.75, 3.05) is 53.9 Å². The Labute approximate surface area is 392 Å². The van der Waals surface area contributed by atoms with Crippen LogP contribution in [-0.2, 0) is 55.4 Å². The Hall–Kier alpha value is -2.94. The average molecular weight is 865 g/mol. The number of fused-ring (bicyclic) bond motifs is 4. The maximum absolute atomic E-state index is 12.9. The molecule has 4 aromatic heterocycles. The van der Waals surface area contributed by atoms with Crippen molar-refractivity contribution in [3.63, 3.8) is 0 Å². The molecule has 19 heteroatoms. The van der Waals surface area contributed by atoms with Gasteiger partial charge in [-0.05, 0) is 60.3 Å². The second kappa shape index (κ2) is 23.3. The van der Waals surface area contributed by atoms with Crippen LogP contribution in [-0.4, -0.2) is 92.7 Å². The molecule has 8 rings (SSSR count). The van der Waals surface area contributed by atoms with Gasteiger partial charge in [0, 0.05) is 87.9 Å². The molecule has 2 N–H and O–H groups in total. The fraction of sp³-hybridized carbons (Fsp3) is 0.400. The van der Waals surface area contributed by atoms with Crippen LogP contribution in [0.15, 0.2) is 59.1 Å². The van der Waals surface area contributed by atoms with E-state index in [4.69, 9.17) is 28.4 Å². The van der Waals surface area contributed by atoms with Crippen LogP contribution in [0, 0.1) is 13.8 Å². The van der Waals surface area contributed by atoms with E-state index >= 15 is 0 Å². The Bertz CT molecular complexity index is 2130. The van der Waals surface area contributed by atoms with E-state index in [1.807, 2.05) is 50.2 Å². The molecule has 0 aliphatic carbocycles. The number of methoxy groups -OCH3 is 2. The zero-order valence-electron chi connectivity index (χ0n) is 34.4. The van der Waals surface area contributed by atoms with Crippen molar-refractivity contribution in [1.29, 1.82) is 0 Å². The normalized spacial score (nSPS) is 13.4. The Morgan fingerprint density at radius 2 is 1.29 bits per heavy atom. The summed E-state index contributed by atoms with van der Waals surface area (Å²) in [6.45, 7) is 7.69. The zero-order valence-corrected chi connectivity index (χ0v) is 40.0. The summed E-state index contributed by atoms with van der Waals surface area (Å²) in [5.74, 6) is 3.74. The molecule has 0 spiro atoms. The number of nitrogens with zero attached hydrogens (tertiary/aromatic N) is 5. The number of aromatic amines is 1. The Morgan fingerprint density at radius 3 is 1.88 bits per heavy atom. The number of rotatable bonds is 16. The van der Waals surface area contributed by atoms with Crippen LogP contribution >= 0.6 is 0 Å². The minimum Gasteiger partial charge on any atom is -0.870 e. The fourth-order valence-corrected chi connectivity index (χ4v) is 8.52. The van der Waals surface area contributed by atoms with E-state index in [0.29, 0.717) is 55.5 Å². The molecule has 0 bridgehead atoms. The first-order valence-electron chi connectivity index (χ1n) is 18.5. The van der Waals surface area contributed by atoms with E-state index in [-0.39, 0.29) is 76.1 Å². The smallest absolute Gasteiger partial charge is 0.870 e. The minimum absolute atomic E-state index is 0. The maximum atomic E-state index is 12.9. The molecule has 6 aromatic rings. The molecular weight excluding hydrogens is 819 g/mol. The zero-order chi connectivity index (χ0) is 39.0. The number of H-pyrrole nitrogens is 1. The summed E-state index contributed by atoms with van der Waals surface area (Å²) in [7, 11) is 0.608. The van der Waals surface area contributed by atoms with Gasteiger partial charge in [0.1, 0.15) is 23.0 Å². The van der Waals surface area contributed by atoms with Crippen molar-refractivity contribution in [2.45, 2.75) is 61.3 Å². The van der Waals surface area contributed by atoms with Gasteiger partial charge in [0.25, 0.3) is 0 Å². The largest absolute Gasteiger partial charge is 1.00 e. The summed E-state index contributed by atoms with van der Waals surface area (Å²) < 4.78 is 58.6. The number of hydrogen-bond acceptors (Lipinski definition) is 13. The van der Waals surface area contributed by atoms with Crippen LogP contribution < -0.4 is 83.0 Å². The van der Waals surface area contributed by atoms with Gasteiger partial charge in [-0.2, -0.15) is 0 Å². The van der Waals surface area contributed by atoms with Crippen LogP contribution in [0.3, 0.4) is 0 Å². The van der Waals surface area contributed by atoms with Crippen LogP contribution in [0.25, 0.3) is 22.1 Å². The summed E-state index contributed by atoms with van der Waals surface area (Å²) in [5, 5.41) is 0.776. The van der Waals surface area contributed by atoms with E-state index in [9.17, 15) is 8.42 Å². The van der Waals surface area contributed by atoms with Gasteiger partial charge in [-0.1, -0.05) is 6.07 Å². The molecule has 2 atom stereocenters. The molecule has 15 nitrogen and oxygen atoms in total. The molecule has 2 aliphatic rings. The van der Waals surface area contributed by atoms with Gasteiger partial charge in [-0.3, -0.25) is 18.4 Å². The molecule has 304 valence electrons. The first-order valence-corrected chi connectivity index (χ1v) is 21.1. The minimum atomic E-state index is -1.39. The molecule has 0 amide bonds. The number of ether oxygens (including phenoxy) is 6. The third kappa shape index (κ3) is 12.1. The predicted molar refractivity (Wildman–Crippen MR) is 214 cm³/mol. The van der Waals surface area contributed by atoms with E-state index in [2.05, 4.69) is 29.9 Å². The first-order chi connectivity index (χ1) is 27.3. The Morgan fingerprint density at radius 1 is 0.729 bits per heavy atom. The average Bonchev–Trinajstić information content (AvgIpc) is 4.02. The summed E-state index contributed by atoms with van der Waals surface area (Å²) in [4.78, 5) is 25.4. The van der Waals surface area contributed by atoms with Crippen molar-refractivity contribution in [1.82, 2.24) is 29.9 Å². The van der Waals surface area contributed by atoms with Crippen LogP contribution in [0.2, 0.25) is 0 Å². The van der Waals surface area contributed by atoms with E-state index in [1.165, 1.54) is 0 Å². The van der Waals surface area contributed by atoms with Crippen LogP contribution in [0.5, 0.6) is 23.0 Å². The maximum Gasteiger partial charge on any atom is 1.00 e. The number of pyridine rings is 2. The monoisotopic (exact) mass is 864 g/mol. The first kappa shape index (κ1) is 48.7. The Kier molecular flexibility index (Phi) is 19.3. The van der Waals surface area contributed by atoms with Crippen molar-refractivity contribution in [3.8, 4) is 23.0 Å². The number of imidazole rings is 2. The van der Waals surface area contributed by atoms with Crippen molar-refractivity contribution in [2.24, 2.45) is 0 Å².